The third-order valence-corrected chi connectivity index (χ3v) is 6.80. The molecule has 2 amide bonds. The lowest BCUT2D eigenvalue weighted by Gasteiger charge is -2.26. The molecule has 5 rings (SSSR count). The molecule has 176 valence electrons. The number of likely N-dealkylation sites (tertiary alicyclic amines) is 1. The van der Waals surface area contributed by atoms with Crippen molar-refractivity contribution in [2.45, 2.75) is 18.9 Å². The van der Waals surface area contributed by atoms with E-state index in [0.717, 1.165) is 39.8 Å². The van der Waals surface area contributed by atoms with E-state index in [9.17, 15) is 9.59 Å². The molecule has 0 radical (unpaired) electrons. The third-order valence-electron chi connectivity index (χ3n) is 6.80. The van der Waals surface area contributed by atoms with Crippen molar-refractivity contribution in [3.8, 4) is 11.1 Å². The van der Waals surface area contributed by atoms with Gasteiger partial charge >= 0.3 is 0 Å². The van der Waals surface area contributed by atoms with Crippen molar-refractivity contribution in [3.05, 3.63) is 54.5 Å². The standard InChI is InChI=1S/C25H28N6O3/c1-3-19(32)30-9-8-18(13-30)23-21(22-24(26)27-15-28-25(22)29(23)2)17-6-4-16(5-7-17)12-31-10-11-34-14-20(31)33/h3-7,15,18H,1,8-14H2,2H3,(H2,26,27,28). The first-order valence-electron chi connectivity index (χ1n) is 11.4. The van der Waals surface area contributed by atoms with E-state index in [1.165, 1.54) is 12.4 Å². The fraction of sp³-hybridized carbons (Fsp3) is 0.360. The average Bonchev–Trinajstić information content (AvgIpc) is 3.44. The minimum Gasteiger partial charge on any atom is -0.383 e. The summed E-state index contributed by atoms with van der Waals surface area (Å²) in [5, 5.41) is 0.824. The molecule has 9 heteroatoms. The van der Waals surface area contributed by atoms with Crippen LogP contribution in [0.5, 0.6) is 0 Å². The number of nitrogen functional groups attached to an aromatic ring is 1. The molecule has 9 nitrogen and oxygen atoms in total. The van der Waals surface area contributed by atoms with Crippen molar-refractivity contribution in [1.29, 1.82) is 0 Å². The molecule has 2 aromatic heterocycles. The first-order valence-corrected chi connectivity index (χ1v) is 11.4. The summed E-state index contributed by atoms with van der Waals surface area (Å²) in [6.07, 6.45) is 3.70. The summed E-state index contributed by atoms with van der Waals surface area (Å²) >= 11 is 0. The Labute approximate surface area is 197 Å². The Balaban J connectivity index is 1.53. The van der Waals surface area contributed by atoms with Gasteiger partial charge in [-0.05, 0) is 23.6 Å². The number of hydrogen-bond acceptors (Lipinski definition) is 6. The van der Waals surface area contributed by atoms with Gasteiger partial charge in [-0.15, -0.1) is 0 Å². The van der Waals surface area contributed by atoms with E-state index < -0.39 is 0 Å². The van der Waals surface area contributed by atoms with Crippen molar-refractivity contribution in [2.24, 2.45) is 7.05 Å². The fourth-order valence-electron chi connectivity index (χ4n) is 5.09. The zero-order chi connectivity index (χ0) is 23.8. The van der Waals surface area contributed by atoms with Gasteiger partial charge in [0.15, 0.2) is 0 Å². The SMILES string of the molecule is C=CC(=O)N1CCC(c2c(-c3ccc(CN4CCOCC4=O)cc3)c3c(N)ncnc3n2C)C1. The highest BCUT2D eigenvalue weighted by atomic mass is 16.5. The highest BCUT2D eigenvalue weighted by molar-refractivity contribution is 6.02. The van der Waals surface area contributed by atoms with Crippen LogP contribution in [0.4, 0.5) is 5.82 Å². The average molecular weight is 461 g/mol. The van der Waals surface area contributed by atoms with Crippen LogP contribution < -0.4 is 5.73 Å². The van der Waals surface area contributed by atoms with Crippen LogP contribution in [0.25, 0.3) is 22.2 Å². The Morgan fingerprint density at radius 3 is 2.79 bits per heavy atom. The normalized spacial score (nSPS) is 18.6. The smallest absolute Gasteiger partial charge is 0.248 e. The predicted octanol–water partition coefficient (Wildman–Crippen LogP) is 2.08. The number of fused-ring (bicyclic) bond motifs is 1. The molecule has 4 heterocycles. The minimum absolute atomic E-state index is 0.0106. The molecule has 34 heavy (non-hydrogen) atoms. The monoisotopic (exact) mass is 460 g/mol. The maximum absolute atomic E-state index is 12.2. The summed E-state index contributed by atoms with van der Waals surface area (Å²) in [5.41, 5.74) is 11.3. The lowest BCUT2D eigenvalue weighted by atomic mass is 9.94. The van der Waals surface area contributed by atoms with Crippen molar-refractivity contribution in [2.75, 3.05) is 38.6 Å². The van der Waals surface area contributed by atoms with Crippen molar-refractivity contribution in [1.82, 2.24) is 24.3 Å². The van der Waals surface area contributed by atoms with Crippen molar-refractivity contribution >= 4 is 28.7 Å². The lowest BCUT2D eigenvalue weighted by Crippen LogP contribution is -2.40. The Morgan fingerprint density at radius 2 is 2.06 bits per heavy atom. The zero-order valence-electron chi connectivity index (χ0n) is 19.2. The van der Waals surface area contributed by atoms with E-state index in [-0.39, 0.29) is 24.3 Å². The van der Waals surface area contributed by atoms with Crippen LogP contribution in [0.2, 0.25) is 0 Å². The van der Waals surface area contributed by atoms with Crippen molar-refractivity contribution in [3.63, 3.8) is 0 Å². The zero-order valence-corrected chi connectivity index (χ0v) is 19.2. The van der Waals surface area contributed by atoms with E-state index in [2.05, 4.69) is 33.2 Å². The molecule has 1 unspecified atom stereocenters. The topological polar surface area (TPSA) is 107 Å². The van der Waals surface area contributed by atoms with Gasteiger partial charge in [0.05, 0.1) is 12.0 Å². The van der Waals surface area contributed by atoms with Crippen LogP contribution in [0.3, 0.4) is 0 Å². The van der Waals surface area contributed by atoms with E-state index in [1.54, 1.807) is 0 Å². The molecule has 0 aliphatic carbocycles. The molecule has 0 bridgehead atoms. The van der Waals surface area contributed by atoms with Gasteiger partial charge in [-0.3, -0.25) is 9.59 Å². The number of carbonyl (C=O) groups excluding carboxylic acids is 2. The molecule has 2 aliphatic rings. The largest absolute Gasteiger partial charge is 0.383 e. The van der Waals surface area contributed by atoms with E-state index in [0.29, 0.717) is 38.6 Å². The minimum atomic E-state index is -0.0517. The van der Waals surface area contributed by atoms with E-state index in [1.807, 2.05) is 29.0 Å². The van der Waals surface area contributed by atoms with Crippen LogP contribution >= 0.6 is 0 Å². The number of carbonyl (C=O) groups is 2. The summed E-state index contributed by atoms with van der Waals surface area (Å²) in [6, 6.07) is 8.21. The Hall–Kier alpha value is -3.72. The summed E-state index contributed by atoms with van der Waals surface area (Å²) in [5.74, 6) is 0.533. The highest BCUT2D eigenvalue weighted by Crippen LogP contribution is 2.42. The van der Waals surface area contributed by atoms with Gasteiger partial charge in [-0.2, -0.15) is 0 Å². The molecule has 2 saturated heterocycles. The van der Waals surface area contributed by atoms with Gasteiger partial charge in [-0.1, -0.05) is 30.8 Å². The first-order chi connectivity index (χ1) is 16.5. The summed E-state index contributed by atoms with van der Waals surface area (Å²) in [7, 11) is 1.99. The number of anilines is 1. The van der Waals surface area contributed by atoms with Crippen LogP contribution in [0, 0.1) is 0 Å². The van der Waals surface area contributed by atoms with Gasteiger partial charge in [0.25, 0.3) is 0 Å². The number of aryl methyl sites for hydroxylation is 1. The number of hydrogen-bond donors (Lipinski definition) is 1. The first kappa shape index (κ1) is 22.1. The lowest BCUT2D eigenvalue weighted by molar-refractivity contribution is -0.143. The number of morpholine rings is 1. The van der Waals surface area contributed by atoms with Gasteiger partial charge < -0.3 is 24.8 Å². The van der Waals surface area contributed by atoms with Crippen LogP contribution in [0.1, 0.15) is 23.6 Å². The molecule has 0 saturated carbocycles. The van der Waals surface area contributed by atoms with Crippen molar-refractivity contribution < 1.29 is 14.3 Å². The van der Waals surface area contributed by atoms with Gasteiger partial charge in [-0.25, -0.2) is 9.97 Å². The summed E-state index contributed by atoms with van der Waals surface area (Å²) in [6.45, 7) is 6.79. The fourth-order valence-corrected chi connectivity index (χ4v) is 5.09. The van der Waals surface area contributed by atoms with Gasteiger partial charge in [0.1, 0.15) is 24.4 Å². The molecule has 1 aromatic carbocycles. The maximum Gasteiger partial charge on any atom is 0.248 e. The molecule has 0 spiro atoms. The number of benzene rings is 1. The Morgan fingerprint density at radius 1 is 1.26 bits per heavy atom. The number of amides is 2. The summed E-state index contributed by atoms with van der Waals surface area (Å²) < 4.78 is 7.30. The molecule has 1 atom stereocenters. The van der Waals surface area contributed by atoms with Gasteiger partial charge in [0, 0.05) is 50.4 Å². The molecular weight excluding hydrogens is 432 g/mol. The molecule has 2 N–H and O–H groups in total. The third kappa shape index (κ3) is 3.81. The number of nitrogens with zero attached hydrogens (tertiary/aromatic N) is 5. The molecule has 3 aromatic rings. The van der Waals surface area contributed by atoms with Crippen LogP contribution in [-0.4, -0.2) is 69.0 Å². The number of aromatic nitrogens is 3. The van der Waals surface area contributed by atoms with Gasteiger partial charge in [0.2, 0.25) is 11.8 Å². The van der Waals surface area contributed by atoms with E-state index >= 15 is 0 Å². The second-order valence-corrected chi connectivity index (χ2v) is 8.82. The highest BCUT2D eigenvalue weighted by Gasteiger charge is 2.32. The number of nitrogens with two attached hydrogens (primary N) is 1. The molecular formula is C25H28N6O3. The predicted molar refractivity (Wildman–Crippen MR) is 129 cm³/mol. The summed E-state index contributed by atoms with van der Waals surface area (Å²) in [4.78, 5) is 36.7. The maximum atomic E-state index is 12.2. The number of ether oxygens (including phenoxy) is 1. The number of rotatable bonds is 5. The molecule has 2 aliphatic heterocycles. The quantitative estimate of drug-likeness (QED) is 0.585. The molecule has 2 fully saturated rings. The van der Waals surface area contributed by atoms with Crippen LogP contribution in [0.15, 0.2) is 43.2 Å². The van der Waals surface area contributed by atoms with E-state index in [4.69, 9.17) is 10.5 Å². The second kappa shape index (κ2) is 8.90. The second-order valence-electron chi connectivity index (χ2n) is 8.82. The Bertz CT molecular complexity index is 1270. The Kier molecular flexibility index (Phi) is 5.79. The van der Waals surface area contributed by atoms with Crippen LogP contribution in [-0.2, 0) is 27.9 Å².